The number of sulfonamides is 1. The molecule has 7 nitrogen and oxygen atoms in total. The smallest absolute Gasteiger partial charge is 0.264 e. The van der Waals surface area contributed by atoms with E-state index in [-0.39, 0.29) is 27.2 Å². The van der Waals surface area contributed by atoms with Crippen molar-refractivity contribution in [3.8, 4) is 0 Å². The van der Waals surface area contributed by atoms with Crippen molar-refractivity contribution in [1.29, 1.82) is 0 Å². The highest BCUT2D eigenvalue weighted by atomic mass is 79.9. The summed E-state index contributed by atoms with van der Waals surface area (Å²) in [5.74, 6) is -0.983. The van der Waals surface area contributed by atoms with Gasteiger partial charge in [-0.15, -0.1) is 0 Å². The second-order valence-corrected chi connectivity index (χ2v) is 11.4. The third-order valence-electron chi connectivity index (χ3n) is 5.49. The molecule has 3 rings (SSSR count). The molecule has 0 aliphatic carbocycles. The molecule has 0 saturated heterocycles. The van der Waals surface area contributed by atoms with Crippen LogP contribution in [0, 0.1) is 0 Å². The van der Waals surface area contributed by atoms with Crippen LogP contribution >= 0.6 is 39.1 Å². The molecule has 1 N–H and O–H groups in total. The predicted molar refractivity (Wildman–Crippen MR) is 146 cm³/mol. The maximum absolute atomic E-state index is 13.7. The van der Waals surface area contributed by atoms with E-state index in [4.69, 9.17) is 23.2 Å². The van der Waals surface area contributed by atoms with Crippen molar-refractivity contribution in [2.75, 3.05) is 17.9 Å². The van der Waals surface area contributed by atoms with Gasteiger partial charge in [-0.25, -0.2) is 8.42 Å². The summed E-state index contributed by atoms with van der Waals surface area (Å²) < 4.78 is 29.1. The number of halogens is 3. The topological polar surface area (TPSA) is 86.8 Å². The zero-order valence-electron chi connectivity index (χ0n) is 19.5. The van der Waals surface area contributed by atoms with Crippen molar-refractivity contribution in [3.63, 3.8) is 0 Å². The number of nitrogens with zero attached hydrogens (tertiary/aromatic N) is 2. The molecular formula is C25H24BrCl2N3O4S. The van der Waals surface area contributed by atoms with E-state index in [1.807, 2.05) is 24.3 Å². The van der Waals surface area contributed by atoms with Crippen LogP contribution in [-0.4, -0.2) is 44.8 Å². The molecule has 0 saturated carbocycles. The van der Waals surface area contributed by atoms with Crippen molar-refractivity contribution >= 4 is 66.7 Å². The number of carbonyl (C=O) groups excluding carboxylic acids is 2. The zero-order chi connectivity index (χ0) is 26.5. The lowest BCUT2D eigenvalue weighted by molar-refractivity contribution is -0.139. The van der Waals surface area contributed by atoms with Crippen LogP contribution in [0.3, 0.4) is 0 Å². The number of nitrogens with one attached hydrogen (secondary N) is 1. The Hall–Kier alpha value is -2.59. The summed E-state index contributed by atoms with van der Waals surface area (Å²) in [4.78, 5) is 27.5. The Balaban J connectivity index is 2.06. The average Bonchev–Trinajstić information content (AvgIpc) is 2.88. The molecule has 2 amide bonds. The van der Waals surface area contributed by atoms with Gasteiger partial charge < -0.3 is 10.2 Å². The Morgan fingerprint density at radius 2 is 1.61 bits per heavy atom. The molecule has 0 aliphatic heterocycles. The largest absolute Gasteiger partial charge is 0.357 e. The van der Waals surface area contributed by atoms with E-state index in [0.717, 1.165) is 14.3 Å². The van der Waals surface area contributed by atoms with Crippen LogP contribution < -0.4 is 9.62 Å². The molecule has 0 bridgehead atoms. The fourth-order valence-electron chi connectivity index (χ4n) is 3.50. The van der Waals surface area contributed by atoms with Crippen molar-refractivity contribution in [1.82, 2.24) is 10.2 Å². The van der Waals surface area contributed by atoms with Gasteiger partial charge in [-0.05, 0) is 48.9 Å². The molecule has 0 heterocycles. The maximum Gasteiger partial charge on any atom is 0.264 e. The summed E-state index contributed by atoms with van der Waals surface area (Å²) in [6, 6.07) is 18.7. The first-order chi connectivity index (χ1) is 17.1. The van der Waals surface area contributed by atoms with Gasteiger partial charge in [0.15, 0.2) is 0 Å². The Kier molecular flexibility index (Phi) is 9.41. The molecule has 0 unspecified atom stereocenters. The molecule has 0 aromatic heterocycles. The molecule has 3 aromatic carbocycles. The number of carbonyl (C=O) groups is 2. The minimum atomic E-state index is -4.22. The summed E-state index contributed by atoms with van der Waals surface area (Å²) in [5.41, 5.74) is 0.818. The summed E-state index contributed by atoms with van der Waals surface area (Å²) in [6.45, 7) is 1.07. The monoisotopic (exact) mass is 611 g/mol. The van der Waals surface area contributed by atoms with E-state index < -0.39 is 34.4 Å². The Morgan fingerprint density at radius 3 is 2.22 bits per heavy atom. The number of hydrogen-bond donors (Lipinski definition) is 1. The molecule has 190 valence electrons. The number of anilines is 1. The van der Waals surface area contributed by atoms with Gasteiger partial charge >= 0.3 is 0 Å². The molecule has 36 heavy (non-hydrogen) atoms. The summed E-state index contributed by atoms with van der Waals surface area (Å²) in [6.07, 6.45) is 0. The first kappa shape index (κ1) is 28.0. The van der Waals surface area contributed by atoms with Gasteiger partial charge in [-0.3, -0.25) is 13.9 Å². The average molecular weight is 613 g/mol. The quantitative estimate of drug-likeness (QED) is 0.364. The van der Waals surface area contributed by atoms with E-state index in [0.29, 0.717) is 0 Å². The Bertz CT molecular complexity index is 1340. The number of hydrogen-bond acceptors (Lipinski definition) is 4. The fourth-order valence-corrected chi connectivity index (χ4v) is 5.66. The Labute approximate surface area is 229 Å². The minimum absolute atomic E-state index is 0.00900. The van der Waals surface area contributed by atoms with Crippen LogP contribution in [0.5, 0.6) is 0 Å². The van der Waals surface area contributed by atoms with E-state index in [9.17, 15) is 18.0 Å². The van der Waals surface area contributed by atoms with Crippen LogP contribution in [0.25, 0.3) is 0 Å². The summed E-state index contributed by atoms with van der Waals surface area (Å²) in [7, 11) is -2.74. The molecule has 0 radical (unpaired) electrons. The molecule has 1 atom stereocenters. The second kappa shape index (κ2) is 12.1. The number of amides is 2. The van der Waals surface area contributed by atoms with Crippen LogP contribution in [0.2, 0.25) is 10.0 Å². The summed E-state index contributed by atoms with van der Waals surface area (Å²) >= 11 is 15.9. The van der Waals surface area contributed by atoms with Gasteiger partial charge in [0.1, 0.15) is 12.6 Å². The lowest BCUT2D eigenvalue weighted by Crippen LogP contribution is -2.50. The van der Waals surface area contributed by atoms with Gasteiger partial charge in [-0.1, -0.05) is 75.5 Å². The first-order valence-corrected chi connectivity index (χ1v) is 13.8. The molecule has 11 heteroatoms. The number of rotatable bonds is 9. The van der Waals surface area contributed by atoms with Crippen LogP contribution in [-0.2, 0) is 26.2 Å². The lowest BCUT2D eigenvalue weighted by atomic mass is 10.1. The summed E-state index contributed by atoms with van der Waals surface area (Å²) in [5, 5.41) is 2.67. The van der Waals surface area contributed by atoms with E-state index in [1.165, 1.54) is 36.2 Å². The predicted octanol–water partition coefficient (Wildman–Crippen LogP) is 5.11. The standard InChI is InChI=1S/C25H24BrCl2N3O4S/c1-17(25(33)29-2)30(15-18-11-13-19(26)14-12-18)23(32)16-31(22-10-6-9-21(27)24(22)28)36(34,35)20-7-4-3-5-8-20/h3-14,17H,15-16H2,1-2H3,(H,29,33)/t17-/m1/s1. The van der Waals surface area contributed by atoms with Crippen molar-refractivity contribution < 1.29 is 18.0 Å². The van der Waals surface area contributed by atoms with Crippen LogP contribution in [0.1, 0.15) is 12.5 Å². The van der Waals surface area contributed by atoms with E-state index >= 15 is 0 Å². The van der Waals surface area contributed by atoms with Gasteiger partial charge in [-0.2, -0.15) is 0 Å². The number of benzene rings is 3. The molecule has 3 aromatic rings. The highest BCUT2D eigenvalue weighted by Crippen LogP contribution is 2.35. The first-order valence-electron chi connectivity index (χ1n) is 10.8. The minimum Gasteiger partial charge on any atom is -0.357 e. The van der Waals surface area contributed by atoms with Crippen molar-refractivity contribution in [2.45, 2.75) is 24.4 Å². The van der Waals surface area contributed by atoms with E-state index in [1.54, 1.807) is 31.2 Å². The third-order valence-corrected chi connectivity index (χ3v) is 8.60. The third kappa shape index (κ3) is 6.39. The molecule has 0 spiro atoms. The highest BCUT2D eigenvalue weighted by Gasteiger charge is 2.33. The maximum atomic E-state index is 13.7. The molecule has 0 fully saturated rings. The normalized spacial score (nSPS) is 12.0. The van der Waals surface area contributed by atoms with Crippen LogP contribution in [0.15, 0.2) is 82.2 Å². The van der Waals surface area contributed by atoms with Gasteiger partial charge in [0, 0.05) is 18.1 Å². The van der Waals surface area contributed by atoms with Crippen molar-refractivity contribution in [3.05, 3.63) is 92.9 Å². The second-order valence-electron chi connectivity index (χ2n) is 7.84. The zero-order valence-corrected chi connectivity index (χ0v) is 23.4. The molecular weight excluding hydrogens is 589 g/mol. The SMILES string of the molecule is CNC(=O)[C@@H](C)N(Cc1ccc(Br)cc1)C(=O)CN(c1cccc(Cl)c1Cl)S(=O)(=O)c1ccccc1. The van der Waals surface area contributed by atoms with Crippen LogP contribution in [0.4, 0.5) is 5.69 Å². The van der Waals surface area contributed by atoms with Gasteiger partial charge in [0.25, 0.3) is 10.0 Å². The lowest BCUT2D eigenvalue weighted by Gasteiger charge is -2.32. The Morgan fingerprint density at radius 1 is 0.972 bits per heavy atom. The van der Waals surface area contributed by atoms with Crippen molar-refractivity contribution in [2.24, 2.45) is 0 Å². The number of likely N-dealkylation sites (N-methyl/N-ethyl adjacent to an activating group) is 1. The molecule has 0 aliphatic rings. The fraction of sp³-hybridized carbons (Fsp3) is 0.200. The highest BCUT2D eigenvalue weighted by molar-refractivity contribution is 9.10. The van der Waals surface area contributed by atoms with Gasteiger partial charge in [0.2, 0.25) is 11.8 Å². The van der Waals surface area contributed by atoms with E-state index in [2.05, 4.69) is 21.2 Å². The van der Waals surface area contributed by atoms with Gasteiger partial charge in [0.05, 0.1) is 20.6 Å².